The van der Waals surface area contributed by atoms with Gasteiger partial charge in [0.2, 0.25) is 5.88 Å². The number of halogens is 3. The van der Waals surface area contributed by atoms with Gasteiger partial charge in [-0.1, -0.05) is 6.07 Å². The lowest BCUT2D eigenvalue weighted by Crippen LogP contribution is -2.36. The number of hydrogen-bond acceptors (Lipinski definition) is 7. The summed E-state index contributed by atoms with van der Waals surface area (Å²) in [5, 5.41) is 2.83. The van der Waals surface area contributed by atoms with E-state index in [1.54, 1.807) is 12.1 Å². The molecule has 39 heavy (non-hydrogen) atoms. The van der Waals surface area contributed by atoms with Crippen LogP contribution in [0.4, 0.5) is 29.5 Å². The van der Waals surface area contributed by atoms with Gasteiger partial charge in [0, 0.05) is 60.3 Å². The molecule has 3 heterocycles. The molecular formula is C26H34F3N5O4S. The number of nitrogens with zero attached hydrogens (tertiary/aromatic N) is 3. The van der Waals surface area contributed by atoms with Crippen molar-refractivity contribution >= 4 is 27.3 Å². The minimum atomic E-state index is -4.24. The van der Waals surface area contributed by atoms with Crippen molar-refractivity contribution in [3.8, 4) is 17.0 Å². The van der Waals surface area contributed by atoms with Gasteiger partial charge in [0.25, 0.3) is 0 Å². The number of benzene rings is 1. The van der Waals surface area contributed by atoms with Crippen molar-refractivity contribution in [1.29, 1.82) is 4.78 Å². The zero-order valence-corrected chi connectivity index (χ0v) is 22.9. The quantitative estimate of drug-likeness (QED) is 0.475. The molecule has 0 bridgehead atoms. The lowest BCUT2D eigenvalue weighted by molar-refractivity contribution is -0.143. The third-order valence-corrected chi connectivity index (χ3v) is 7.68. The molecule has 9 nitrogen and oxygen atoms in total. The number of anilines is 2. The number of nitrogens with one attached hydrogen (secondary N) is 2. The summed E-state index contributed by atoms with van der Waals surface area (Å²) in [4.78, 5) is 20.9. The molecule has 0 saturated carbocycles. The third-order valence-electron chi connectivity index (χ3n) is 6.74. The molecule has 4 rings (SSSR count). The smallest absolute Gasteiger partial charge is 0.389 e. The first kappa shape index (κ1) is 28.9. The Morgan fingerprint density at radius 3 is 2.67 bits per heavy atom. The monoisotopic (exact) mass is 569 g/mol. The molecule has 2 aliphatic rings. The third kappa shape index (κ3) is 8.46. The number of urea groups is 1. The van der Waals surface area contributed by atoms with Crippen LogP contribution in [0.1, 0.15) is 18.4 Å². The van der Waals surface area contributed by atoms with E-state index in [-0.39, 0.29) is 25.4 Å². The lowest BCUT2D eigenvalue weighted by atomic mass is 10.0. The number of pyridine rings is 1. The number of amides is 2. The molecule has 1 unspecified atom stereocenters. The van der Waals surface area contributed by atoms with E-state index < -0.39 is 34.3 Å². The van der Waals surface area contributed by atoms with Gasteiger partial charge in [-0.2, -0.15) is 18.2 Å². The number of aromatic nitrogens is 1. The number of likely N-dealkylation sites (tertiary alicyclic amines) is 1. The molecule has 2 atom stereocenters. The van der Waals surface area contributed by atoms with E-state index in [0.717, 1.165) is 16.7 Å². The number of morpholine rings is 1. The summed E-state index contributed by atoms with van der Waals surface area (Å²) in [6, 6.07) is 8.71. The lowest BCUT2D eigenvalue weighted by Gasteiger charge is -2.28. The highest BCUT2D eigenvalue weighted by Gasteiger charge is 2.36. The minimum Gasteiger partial charge on any atom is -0.477 e. The Bertz CT molecular complexity index is 1280. The van der Waals surface area contributed by atoms with Gasteiger partial charge in [0.1, 0.15) is 12.4 Å². The van der Waals surface area contributed by atoms with E-state index in [1.807, 2.05) is 25.1 Å². The summed E-state index contributed by atoms with van der Waals surface area (Å²) >= 11 is 0. The Morgan fingerprint density at radius 1 is 1.23 bits per heavy atom. The molecular weight excluding hydrogens is 535 g/mol. The van der Waals surface area contributed by atoms with E-state index in [4.69, 9.17) is 14.3 Å². The predicted molar refractivity (Wildman–Crippen MR) is 144 cm³/mol. The van der Waals surface area contributed by atoms with Crippen LogP contribution in [0.25, 0.3) is 11.1 Å². The van der Waals surface area contributed by atoms with Gasteiger partial charge < -0.3 is 24.6 Å². The normalized spacial score (nSPS) is 19.6. The highest BCUT2D eigenvalue weighted by Crippen LogP contribution is 2.33. The molecule has 214 valence electrons. The number of hydrogen-bond donors (Lipinski definition) is 2. The number of ether oxygens (including phenoxy) is 2. The van der Waals surface area contributed by atoms with Crippen LogP contribution in [-0.2, 0) is 14.5 Å². The predicted octanol–water partition coefficient (Wildman–Crippen LogP) is 4.76. The molecule has 1 aromatic heterocycles. The van der Waals surface area contributed by atoms with Crippen LogP contribution in [0.3, 0.4) is 0 Å². The van der Waals surface area contributed by atoms with Crippen LogP contribution in [0.15, 0.2) is 30.3 Å². The molecule has 2 fully saturated rings. The molecule has 2 aliphatic heterocycles. The first-order valence-corrected chi connectivity index (χ1v) is 14.9. The Balaban J connectivity index is 1.55. The minimum absolute atomic E-state index is 0.0699. The molecule has 2 saturated heterocycles. The first-order valence-electron chi connectivity index (χ1n) is 12.8. The average Bonchev–Trinajstić information content (AvgIpc) is 3.32. The SMILES string of the molecule is Cc1ccc(NC(=O)N2CC[C@@H](CC(F)(F)F)C2)cc1-c1cc(OCCS(C)(=N)=O)nc(N2CCOCC2)c1. The molecule has 0 radical (unpaired) electrons. The topological polar surface area (TPSA) is 108 Å². The second kappa shape index (κ2) is 12.0. The second-order valence-electron chi connectivity index (χ2n) is 10.1. The van der Waals surface area contributed by atoms with Crippen LogP contribution >= 0.6 is 0 Å². The maximum absolute atomic E-state index is 12.8. The molecule has 13 heteroatoms. The highest BCUT2D eigenvalue weighted by atomic mass is 32.2. The summed E-state index contributed by atoms with van der Waals surface area (Å²) < 4.78 is 68.9. The van der Waals surface area contributed by atoms with E-state index in [1.165, 1.54) is 11.2 Å². The molecule has 0 aliphatic carbocycles. The van der Waals surface area contributed by atoms with E-state index in [0.29, 0.717) is 50.1 Å². The summed E-state index contributed by atoms with van der Waals surface area (Å²) in [6.07, 6.45) is -3.45. The van der Waals surface area contributed by atoms with Crippen LogP contribution in [0.2, 0.25) is 0 Å². The van der Waals surface area contributed by atoms with Gasteiger partial charge in [-0.15, -0.1) is 0 Å². The van der Waals surface area contributed by atoms with Gasteiger partial charge in [0.05, 0.1) is 19.0 Å². The fourth-order valence-electron chi connectivity index (χ4n) is 4.70. The Morgan fingerprint density at radius 2 is 1.97 bits per heavy atom. The average molecular weight is 570 g/mol. The summed E-state index contributed by atoms with van der Waals surface area (Å²) in [7, 11) is -2.71. The van der Waals surface area contributed by atoms with Crippen molar-refractivity contribution in [2.75, 3.05) is 68.2 Å². The number of aryl methyl sites for hydroxylation is 1. The Labute approximate surface area is 226 Å². The van der Waals surface area contributed by atoms with Crippen molar-refractivity contribution in [2.45, 2.75) is 25.9 Å². The molecule has 2 aromatic rings. The fraction of sp³-hybridized carbons (Fsp3) is 0.538. The van der Waals surface area contributed by atoms with Gasteiger partial charge >= 0.3 is 12.2 Å². The fourth-order valence-corrected chi connectivity index (χ4v) is 5.11. The number of carbonyl (C=O) groups is 1. The summed E-state index contributed by atoms with van der Waals surface area (Å²) in [5.41, 5.74) is 3.08. The van der Waals surface area contributed by atoms with Crippen molar-refractivity contribution in [2.24, 2.45) is 5.92 Å². The van der Waals surface area contributed by atoms with Crippen LogP contribution in [-0.4, -0.2) is 84.3 Å². The summed E-state index contributed by atoms with van der Waals surface area (Å²) in [6.45, 7) is 4.82. The van der Waals surface area contributed by atoms with Crippen molar-refractivity contribution < 1.29 is 31.6 Å². The highest BCUT2D eigenvalue weighted by molar-refractivity contribution is 7.91. The number of alkyl halides is 3. The van der Waals surface area contributed by atoms with Gasteiger partial charge in [-0.25, -0.2) is 4.79 Å². The molecule has 0 spiro atoms. The van der Waals surface area contributed by atoms with Crippen molar-refractivity contribution in [3.05, 3.63) is 35.9 Å². The van der Waals surface area contributed by atoms with E-state index in [2.05, 4.69) is 15.2 Å². The molecule has 2 amide bonds. The van der Waals surface area contributed by atoms with Crippen LogP contribution < -0.4 is 15.0 Å². The number of carbonyl (C=O) groups excluding carboxylic acids is 1. The van der Waals surface area contributed by atoms with Crippen molar-refractivity contribution in [3.63, 3.8) is 0 Å². The maximum Gasteiger partial charge on any atom is 0.389 e. The van der Waals surface area contributed by atoms with Crippen molar-refractivity contribution in [1.82, 2.24) is 9.88 Å². The van der Waals surface area contributed by atoms with E-state index in [9.17, 15) is 22.2 Å². The van der Waals surface area contributed by atoms with Gasteiger partial charge in [0.15, 0.2) is 0 Å². The molecule has 1 aromatic carbocycles. The zero-order valence-electron chi connectivity index (χ0n) is 22.1. The standard InChI is InChI=1S/C26H34F3N5O4S/c1-18-3-4-21(31-25(35)34-6-5-19(17-34)16-26(27,28)29)15-22(18)20-13-23(33-7-9-37-10-8-33)32-24(14-20)38-11-12-39(2,30)36/h3-4,13-15,19,30H,5-12,16-17H2,1-2H3,(H,31,35)/t19-,39?/m0/s1. The Kier molecular flexibility index (Phi) is 8.90. The van der Waals surface area contributed by atoms with E-state index >= 15 is 0 Å². The van der Waals surface area contributed by atoms with Gasteiger partial charge in [-0.3, -0.25) is 8.99 Å². The number of rotatable bonds is 8. The first-order chi connectivity index (χ1) is 18.4. The summed E-state index contributed by atoms with van der Waals surface area (Å²) in [5.74, 6) is 0.510. The maximum atomic E-state index is 12.8. The van der Waals surface area contributed by atoms with Gasteiger partial charge in [-0.05, 0) is 54.2 Å². The van der Waals surface area contributed by atoms with Crippen LogP contribution in [0.5, 0.6) is 5.88 Å². The molecule has 2 N–H and O–H groups in total. The largest absolute Gasteiger partial charge is 0.477 e. The van der Waals surface area contributed by atoms with Crippen LogP contribution in [0, 0.1) is 17.6 Å². The second-order valence-corrected chi connectivity index (χ2v) is 12.5. The Hall–Kier alpha value is -3.06. The zero-order chi connectivity index (χ0) is 28.2.